The second-order valence-corrected chi connectivity index (χ2v) is 2.57. The van der Waals surface area contributed by atoms with Gasteiger partial charge in [0.15, 0.2) is 0 Å². The molecule has 0 heterocycles. The molecule has 0 saturated heterocycles. The third-order valence-electron chi connectivity index (χ3n) is 0.861. The number of nitrogens with two attached hydrogens (primary N) is 1. The van der Waals surface area contributed by atoms with Crippen molar-refractivity contribution in [3.8, 4) is 0 Å². The van der Waals surface area contributed by atoms with E-state index in [0.717, 1.165) is 0 Å². The molecule has 1 unspecified atom stereocenters. The number of primary amides is 1. The van der Waals surface area contributed by atoms with Gasteiger partial charge in [-0.05, 0) is 6.42 Å². The third-order valence-corrected chi connectivity index (χ3v) is 1.60. The Morgan fingerprint density at radius 2 is 2.30 bits per heavy atom. The molecule has 0 aliphatic heterocycles. The molecule has 0 aliphatic rings. The van der Waals surface area contributed by atoms with E-state index in [9.17, 15) is 9.00 Å². The zero-order chi connectivity index (χ0) is 8.15. The maximum atomic E-state index is 10.3. The van der Waals surface area contributed by atoms with E-state index >= 15 is 0 Å². The topological polar surface area (TPSA) is 83.6 Å². The van der Waals surface area contributed by atoms with E-state index in [1.807, 2.05) is 0 Å². The highest BCUT2D eigenvalue weighted by Crippen LogP contribution is 1.92. The minimum absolute atomic E-state index is 0.207. The van der Waals surface area contributed by atoms with Crippen molar-refractivity contribution in [3.63, 3.8) is 0 Å². The molecule has 60 valence electrons. The van der Waals surface area contributed by atoms with Crippen LogP contribution in [0.15, 0.2) is 0 Å². The van der Waals surface area contributed by atoms with E-state index in [-0.39, 0.29) is 6.54 Å². The van der Waals surface area contributed by atoms with Crippen LogP contribution in [0.4, 0.5) is 4.79 Å². The van der Waals surface area contributed by atoms with Crippen molar-refractivity contribution in [2.45, 2.75) is 13.3 Å². The highest BCUT2D eigenvalue weighted by molar-refractivity contribution is 7.77. The standard InChI is InChI=1S/C4H10N2O3S/c1-2-3-6(4(5)7)10(8)9/h2-3H2,1H3,(H2,5,7)(H,8,9). The summed E-state index contributed by atoms with van der Waals surface area (Å²) in [5, 5.41) is 0. The monoisotopic (exact) mass is 166 g/mol. The molecular formula is C4H10N2O3S. The lowest BCUT2D eigenvalue weighted by Gasteiger charge is -2.12. The molecule has 0 radical (unpaired) electrons. The summed E-state index contributed by atoms with van der Waals surface area (Å²) in [6, 6.07) is -0.873. The molecular weight excluding hydrogens is 156 g/mol. The Morgan fingerprint density at radius 1 is 1.80 bits per heavy atom. The number of rotatable bonds is 3. The normalized spacial score (nSPS) is 12.6. The van der Waals surface area contributed by atoms with Crippen LogP contribution in [0, 0.1) is 0 Å². The van der Waals surface area contributed by atoms with E-state index in [2.05, 4.69) is 0 Å². The average molecular weight is 166 g/mol. The Balaban J connectivity index is 3.98. The lowest BCUT2D eigenvalue weighted by molar-refractivity contribution is 0.231. The first-order valence-electron chi connectivity index (χ1n) is 2.77. The van der Waals surface area contributed by atoms with E-state index in [1.54, 1.807) is 6.92 Å². The third kappa shape index (κ3) is 2.79. The highest BCUT2D eigenvalue weighted by atomic mass is 32.2. The molecule has 0 rings (SSSR count). The number of carbonyl (C=O) groups is 1. The Bertz CT molecular complexity index is 135. The van der Waals surface area contributed by atoms with Crippen LogP contribution < -0.4 is 5.73 Å². The van der Waals surface area contributed by atoms with Crippen LogP contribution in [0.25, 0.3) is 0 Å². The van der Waals surface area contributed by atoms with Crippen LogP contribution >= 0.6 is 0 Å². The maximum Gasteiger partial charge on any atom is 0.328 e. The quantitative estimate of drug-likeness (QED) is 0.575. The molecule has 0 aromatic carbocycles. The Hall–Kier alpha value is -0.620. The molecule has 0 bridgehead atoms. The van der Waals surface area contributed by atoms with Crippen molar-refractivity contribution < 1.29 is 13.6 Å². The van der Waals surface area contributed by atoms with E-state index in [1.165, 1.54) is 0 Å². The van der Waals surface area contributed by atoms with Gasteiger partial charge in [-0.15, -0.1) is 0 Å². The fourth-order valence-electron chi connectivity index (χ4n) is 0.468. The first-order valence-corrected chi connectivity index (χ1v) is 3.84. The van der Waals surface area contributed by atoms with Crippen LogP contribution in [0.3, 0.4) is 0 Å². The zero-order valence-corrected chi connectivity index (χ0v) is 6.43. The summed E-state index contributed by atoms with van der Waals surface area (Å²) in [5.41, 5.74) is 4.76. The average Bonchev–Trinajstić information content (AvgIpc) is 1.81. The lowest BCUT2D eigenvalue weighted by atomic mass is 10.5. The number of amides is 2. The number of carbonyl (C=O) groups excluding carboxylic acids is 1. The van der Waals surface area contributed by atoms with Gasteiger partial charge in [0, 0.05) is 6.54 Å². The van der Waals surface area contributed by atoms with Crippen molar-refractivity contribution in [1.29, 1.82) is 0 Å². The smallest absolute Gasteiger partial charge is 0.328 e. The fourth-order valence-corrected chi connectivity index (χ4v) is 0.961. The van der Waals surface area contributed by atoms with Gasteiger partial charge in [-0.1, -0.05) is 6.92 Å². The highest BCUT2D eigenvalue weighted by Gasteiger charge is 2.12. The first-order chi connectivity index (χ1) is 4.59. The van der Waals surface area contributed by atoms with Gasteiger partial charge in [0.1, 0.15) is 0 Å². The van der Waals surface area contributed by atoms with Gasteiger partial charge in [0.05, 0.1) is 0 Å². The molecule has 0 spiro atoms. The molecule has 3 N–H and O–H groups in total. The SMILES string of the molecule is CCCN(C(N)=O)S(=O)O. The number of nitrogens with zero attached hydrogens (tertiary/aromatic N) is 1. The summed E-state index contributed by atoms with van der Waals surface area (Å²) in [6.45, 7) is 1.99. The largest absolute Gasteiger partial charge is 0.351 e. The zero-order valence-electron chi connectivity index (χ0n) is 5.61. The molecule has 0 aromatic heterocycles. The van der Waals surface area contributed by atoms with Gasteiger partial charge < -0.3 is 5.73 Å². The van der Waals surface area contributed by atoms with Gasteiger partial charge in [-0.3, -0.25) is 4.55 Å². The van der Waals surface area contributed by atoms with E-state index in [0.29, 0.717) is 10.7 Å². The predicted molar refractivity (Wildman–Crippen MR) is 37.4 cm³/mol. The molecule has 10 heavy (non-hydrogen) atoms. The van der Waals surface area contributed by atoms with Gasteiger partial charge in [0.25, 0.3) is 11.3 Å². The van der Waals surface area contributed by atoms with Crippen LogP contribution in [0.1, 0.15) is 13.3 Å². The molecule has 5 nitrogen and oxygen atoms in total. The summed E-state index contributed by atoms with van der Waals surface area (Å²) in [5.74, 6) is 0. The van der Waals surface area contributed by atoms with Crippen molar-refractivity contribution in [3.05, 3.63) is 0 Å². The van der Waals surface area contributed by atoms with Crippen molar-refractivity contribution in [2.75, 3.05) is 6.54 Å². The summed E-state index contributed by atoms with van der Waals surface area (Å²) < 4.78 is 19.4. The second kappa shape index (κ2) is 4.24. The molecule has 0 saturated carbocycles. The van der Waals surface area contributed by atoms with Crippen LogP contribution in [0.2, 0.25) is 0 Å². The van der Waals surface area contributed by atoms with Crippen LogP contribution in [-0.2, 0) is 11.3 Å². The van der Waals surface area contributed by atoms with Crippen LogP contribution in [-0.4, -0.2) is 25.6 Å². The molecule has 0 aliphatic carbocycles. The summed E-state index contributed by atoms with van der Waals surface area (Å²) >= 11 is -2.27. The first kappa shape index (κ1) is 9.38. The van der Waals surface area contributed by atoms with Crippen molar-refractivity contribution in [2.24, 2.45) is 5.73 Å². The summed E-state index contributed by atoms with van der Waals surface area (Å²) in [6.07, 6.45) is 0.606. The van der Waals surface area contributed by atoms with E-state index in [4.69, 9.17) is 10.3 Å². The van der Waals surface area contributed by atoms with E-state index < -0.39 is 17.3 Å². The van der Waals surface area contributed by atoms with Gasteiger partial charge in [-0.25, -0.2) is 13.3 Å². The van der Waals surface area contributed by atoms with Crippen molar-refractivity contribution in [1.82, 2.24) is 4.31 Å². The number of hydrogen-bond donors (Lipinski definition) is 2. The maximum absolute atomic E-state index is 10.3. The predicted octanol–water partition coefficient (Wildman–Crippen LogP) is -0.0862. The molecule has 0 fully saturated rings. The Morgan fingerprint density at radius 3 is 2.40 bits per heavy atom. The second-order valence-electron chi connectivity index (χ2n) is 1.67. The van der Waals surface area contributed by atoms with Gasteiger partial charge in [0.2, 0.25) is 0 Å². The molecule has 2 amide bonds. The van der Waals surface area contributed by atoms with Gasteiger partial charge >= 0.3 is 6.03 Å². The Kier molecular flexibility index (Phi) is 3.97. The summed E-state index contributed by atoms with van der Waals surface area (Å²) in [7, 11) is 0. The molecule has 6 heteroatoms. The fraction of sp³-hybridized carbons (Fsp3) is 0.750. The lowest BCUT2D eigenvalue weighted by Crippen LogP contribution is -2.37. The number of hydrogen-bond acceptors (Lipinski definition) is 2. The van der Waals surface area contributed by atoms with Crippen LogP contribution in [0.5, 0.6) is 0 Å². The van der Waals surface area contributed by atoms with Gasteiger partial charge in [-0.2, -0.15) is 0 Å². The molecule has 1 atom stereocenters. The summed E-state index contributed by atoms with van der Waals surface area (Å²) in [4.78, 5) is 10.3. The number of urea groups is 1. The molecule has 0 aromatic rings. The Labute approximate surface area is 61.6 Å². The van der Waals surface area contributed by atoms with Crippen molar-refractivity contribution >= 4 is 17.3 Å². The minimum Gasteiger partial charge on any atom is -0.351 e. The minimum atomic E-state index is -2.27.